The van der Waals surface area contributed by atoms with Crippen LogP contribution in [0.15, 0.2) is 42.7 Å². The van der Waals surface area contributed by atoms with E-state index in [2.05, 4.69) is 15.4 Å². The molecular formula is C14H11FN4O. The summed E-state index contributed by atoms with van der Waals surface area (Å²) >= 11 is 0. The number of nitrogens with one attached hydrogen (secondary N) is 1. The molecule has 0 unspecified atom stereocenters. The van der Waals surface area contributed by atoms with E-state index in [-0.39, 0.29) is 5.69 Å². The zero-order chi connectivity index (χ0) is 14.1. The number of carbonyl (C=O) groups is 1. The number of pyridine rings is 1. The molecule has 3 rings (SSSR count). The maximum atomic E-state index is 13.5. The summed E-state index contributed by atoms with van der Waals surface area (Å²) in [4.78, 5) is 15.7. The summed E-state index contributed by atoms with van der Waals surface area (Å²) in [6.45, 7) is 0. The first-order valence-electron chi connectivity index (χ1n) is 5.99. The van der Waals surface area contributed by atoms with Crippen molar-refractivity contribution in [3.63, 3.8) is 0 Å². The molecule has 0 aliphatic heterocycles. The second-order valence-corrected chi connectivity index (χ2v) is 4.33. The third-order valence-electron chi connectivity index (χ3n) is 2.98. The Labute approximate surface area is 114 Å². The maximum Gasteiger partial charge on any atom is 0.277 e. The Morgan fingerprint density at radius 3 is 3.00 bits per heavy atom. The second kappa shape index (κ2) is 4.73. The van der Waals surface area contributed by atoms with Gasteiger partial charge in [0.1, 0.15) is 0 Å². The van der Waals surface area contributed by atoms with Crippen molar-refractivity contribution in [2.24, 2.45) is 7.05 Å². The number of fused-ring (bicyclic) bond motifs is 1. The van der Waals surface area contributed by atoms with Gasteiger partial charge in [-0.3, -0.25) is 9.48 Å². The molecule has 0 atom stereocenters. The molecule has 0 bridgehead atoms. The van der Waals surface area contributed by atoms with Gasteiger partial charge in [0.25, 0.3) is 5.91 Å². The van der Waals surface area contributed by atoms with Crippen molar-refractivity contribution in [3.8, 4) is 0 Å². The largest absolute Gasteiger partial charge is 0.320 e. The fraction of sp³-hybridized carbons (Fsp3) is 0.0714. The zero-order valence-electron chi connectivity index (χ0n) is 10.7. The molecule has 3 aromatic rings. The molecule has 0 aliphatic carbocycles. The van der Waals surface area contributed by atoms with Crippen LogP contribution in [-0.4, -0.2) is 20.7 Å². The highest BCUT2D eigenvalue weighted by molar-refractivity contribution is 6.03. The van der Waals surface area contributed by atoms with Gasteiger partial charge in [-0.25, -0.2) is 9.37 Å². The summed E-state index contributed by atoms with van der Waals surface area (Å²) < 4.78 is 15.2. The summed E-state index contributed by atoms with van der Waals surface area (Å²) in [5.74, 6) is -1.23. The van der Waals surface area contributed by atoms with Crippen LogP contribution in [0.2, 0.25) is 0 Å². The van der Waals surface area contributed by atoms with Gasteiger partial charge in [0.05, 0.1) is 11.7 Å². The zero-order valence-corrected chi connectivity index (χ0v) is 10.7. The number of rotatable bonds is 2. The molecule has 0 spiro atoms. The Morgan fingerprint density at radius 2 is 2.20 bits per heavy atom. The van der Waals surface area contributed by atoms with E-state index >= 15 is 0 Å². The van der Waals surface area contributed by atoms with E-state index in [9.17, 15) is 9.18 Å². The minimum Gasteiger partial charge on any atom is -0.320 e. The first-order chi connectivity index (χ1) is 9.65. The molecule has 0 saturated carbocycles. The summed E-state index contributed by atoms with van der Waals surface area (Å²) in [5.41, 5.74) is 1.22. The predicted octanol–water partition coefficient (Wildman–Crippen LogP) is 2.36. The van der Waals surface area contributed by atoms with Gasteiger partial charge in [-0.15, -0.1) is 0 Å². The number of benzene rings is 1. The van der Waals surface area contributed by atoms with E-state index < -0.39 is 11.7 Å². The monoisotopic (exact) mass is 270 g/mol. The molecule has 100 valence electrons. The normalized spacial score (nSPS) is 10.7. The minimum atomic E-state index is -0.647. The van der Waals surface area contributed by atoms with Crippen molar-refractivity contribution in [2.45, 2.75) is 0 Å². The first-order valence-corrected chi connectivity index (χ1v) is 5.99. The van der Waals surface area contributed by atoms with Crippen molar-refractivity contribution in [1.82, 2.24) is 14.8 Å². The lowest BCUT2D eigenvalue weighted by Crippen LogP contribution is -2.15. The van der Waals surface area contributed by atoms with Gasteiger partial charge in [0.15, 0.2) is 11.5 Å². The molecule has 0 radical (unpaired) electrons. The highest BCUT2D eigenvalue weighted by Crippen LogP contribution is 2.19. The number of aromatic nitrogens is 3. The Morgan fingerprint density at radius 1 is 1.35 bits per heavy atom. The molecule has 2 aromatic heterocycles. The minimum absolute atomic E-state index is 0.224. The van der Waals surface area contributed by atoms with Crippen molar-refractivity contribution in [2.75, 3.05) is 5.32 Å². The van der Waals surface area contributed by atoms with Crippen LogP contribution in [0.25, 0.3) is 10.9 Å². The number of anilines is 1. The number of amides is 1. The summed E-state index contributed by atoms with van der Waals surface area (Å²) in [7, 11) is 1.81. The molecule has 0 saturated heterocycles. The molecule has 2 heterocycles. The van der Waals surface area contributed by atoms with Gasteiger partial charge in [-0.2, -0.15) is 5.10 Å². The van der Waals surface area contributed by atoms with Gasteiger partial charge in [0, 0.05) is 24.3 Å². The van der Waals surface area contributed by atoms with E-state index in [1.165, 1.54) is 18.3 Å². The SMILES string of the molecule is Cn1ncc2ccc(NC(=O)c3ncccc3F)cc21. The molecule has 1 amide bonds. The Bertz CT molecular complexity index is 797. The van der Waals surface area contributed by atoms with Crippen LogP contribution in [0.1, 0.15) is 10.5 Å². The summed E-state index contributed by atoms with van der Waals surface area (Å²) in [6.07, 6.45) is 3.11. The maximum absolute atomic E-state index is 13.5. The number of halogens is 1. The number of aryl methyl sites for hydroxylation is 1. The van der Waals surface area contributed by atoms with E-state index in [1.54, 1.807) is 23.0 Å². The van der Waals surface area contributed by atoms with E-state index in [4.69, 9.17) is 0 Å². The molecule has 0 fully saturated rings. The Kier molecular flexibility index (Phi) is 2.90. The van der Waals surface area contributed by atoms with Gasteiger partial charge < -0.3 is 5.32 Å². The smallest absolute Gasteiger partial charge is 0.277 e. The number of nitrogens with zero attached hydrogens (tertiary/aromatic N) is 3. The topological polar surface area (TPSA) is 59.8 Å². The van der Waals surface area contributed by atoms with Crippen LogP contribution in [-0.2, 0) is 7.05 Å². The van der Waals surface area contributed by atoms with Crippen LogP contribution in [0, 0.1) is 5.82 Å². The van der Waals surface area contributed by atoms with Gasteiger partial charge in [-0.05, 0) is 30.3 Å². The predicted molar refractivity (Wildman–Crippen MR) is 72.9 cm³/mol. The van der Waals surface area contributed by atoms with Crippen molar-refractivity contribution in [3.05, 3.63) is 54.2 Å². The Hall–Kier alpha value is -2.76. The highest BCUT2D eigenvalue weighted by atomic mass is 19.1. The van der Waals surface area contributed by atoms with Crippen LogP contribution in [0.3, 0.4) is 0 Å². The standard InChI is InChI=1S/C14H11FN4O/c1-19-12-7-10(5-4-9(12)8-17-19)18-14(20)13-11(15)3-2-6-16-13/h2-8H,1H3,(H,18,20). The molecule has 1 N–H and O–H groups in total. The molecule has 1 aromatic carbocycles. The van der Waals surface area contributed by atoms with Crippen LogP contribution < -0.4 is 5.32 Å². The van der Waals surface area contributed by atoms with Gasteiger partial charge in [0.2, 0.25) is 0 Å². The lowest BCUT2D eigenvalue weighted by atomic mass is 10.2. The average molecular weight is 270 g/mol. The number of carbonyl (C=O) groups excluding carboxylic acids is 1. The summed E-state index contributed by atoms with van der Waals surface area (Å²) in [6, 6.07) is 8.00. The van der Waals surface area contributed by atoms with E-state index in [0.29, 0.717) is 5.69 Å². The van der Waals surface area contributed by atoms with Gasteiger partial charge >= 0.3 is 0 Å². The van der Waals surface area contributed by atoms with Crippen molar-refractivity contribution in [1.29, 1.82) is 0 Å². The second-order valence-electron chi connectivity index (χ2n) is 4.33. The van der Waals surface area contributed by atoms with E-state index in [1.807, 2.05) is 13.1 Å². The third kappa shape index (κ3) is 2.11. The molecular weight excluding hydrogens is 259 g/mol. The summed E-state index contributed by atoms with van der Waals surface area (Å²) in [5, 5.41) is 7.71. The van der Waals surface area contributed by atoms with Crippen LogP contribution >= 0.6 is 0 Å². The van der Waals surface area contributed by atoms with Crippen molar-refractivity contribution >= 4 is 22.5 Å². The fourth-order valence-electron chi connectivity index (χ4n) is 1.96. The lowest BCUT2D eigenvalue weighted by molar-refractivity contribution is 0.101. The average Bonchev–Trinajstić information content (AvgIpc) is 2.81. The number of hydrogen-bond acceptors (Lipinski definition) is 3. The Balaban J connectivity index is 1.91. The molecule has 5 nitrogen and oxygen atoms in total. The fourth-order valence-corrected chi connectivity index (χ4v) is 1.96. The highest BCUT2D eigenvalue weighted by Gasteiger charge is 2.13. The van der Waals surface area contributed by atoms with Crippen LogP contribution in [0.5, 0.6) is 0 Å². The van der Waals surface area contributed by atoms with E-state index in [0.717, 1.165) is 10.9 Å². The van der Waals surface area contributed by atoms with Crippen LogP contribution in [0.4, 0.5) is 10.1 Å². The number of hydrogen-bond donors (Lipinski definition) is 1. The third-order valence-corrected chi connectivity index (χ3v) is 2.98. The molecule has 0 aliphatic rings. The van der Waals surface area contributed by atoms with Crippen molar-refractivity contribution < 1.29 is 9.18 Å². The quantitative estimate of drug-likeness (QED) is 0.777. The van der Waals surface area contributed by atoms with Gasteiger partial charge in [-0.1, -0.05) is 0 Å². The lowest BCUT2D eigenvalue weighted by Gasteiger charge is -2.05. The molecule has 20 heavy (non-hydrogen) atoms. The first kappa shape index (κ1) is 12.3. The molecule has 6 heteroatoms.